The van der Waals surface area contributed by atoms with Gasteiger partial charge in [0, 0.05) is 10.6 Å². The predicted octanol–water partition coefficient (Wildman–Crippen LogP) is 9.75. The lowest BCUT2D eigenvalue weighted by Gasteiger charge is -2.39. The topological polar surface area (TPSA) is 34.9 Å². The van der Waals surface area contributed by atoms with Gasteiger partial charge in [0.15, 0.2) is 5.78 Å². The van der Waals surface area contributed by atoms with E-state index in [1.807, 2.05) is 55.0 Å². The van der Waals surface area contributed by atoms with Crippen LogP contribution in [-0.4, -0.2) is 15.3 Å². The van der Waals surface area contributed by atoms with Crippen LogP contribution in [0.25, 0.3) is 11.1 Å². The van der Waals surface area contributed by atoms with Gasteiger partial charge in [0.25, 0.3) is 0 Å². The lowest BCUT2D eigenvalue weighted by Crippen LogP contribution is -2.38. The number of nitrogens with zero attached hydrogens (tertiary/aromatic N) is 2. The van der Waals surface area contributed by atoms with Crippen molar-refractivity contribution in [2.45, 2.75) is 12.5 Å². The molecule has 0 unspecified atom stereocenters. The number of benzene rings is 5. The summed E-state index contributed by atoms with van der Waals surface area (Å²) >= 11 is 6.18. The minimum absolute atomic E-state index is 0.116. The number of ketones is 1. The first-order valence-electron chi connectivity index (χ1n) is 14.5. The van der Waals surface area contributed by atoms with Crippen molar-refractivity contribution in [2.75, 3.05) is 0 Å². The second kappa shape index (κ2) is 12.9. The molecule has 0 atom stereocenters. The molecule has 0 aliphatic heterocycles. The molecule has 0 saturated carbocycles. The van der Waals surface area contributed by atoms with Gasteiger partial charge in [-0.25, -0.2) is 4.98 Å². The monoisotopic (exact) mass is 590 g/mol. The van der Waals surface area contributed by atoms with Crippen molar-refractivity contribution in [3.63, 3.8) is 0 Å². The molecule has 0 aliphatic rings. The SMILES string of the molecule is C/C(=C(/C=C/C(=O)c1cccc(Cl)c1)c1ccccc1)c1cncn1C(c1ccccc1)(c1ccccc1)c1ccccc1. The summed E-state index contributed by atoms with van der Waals surface area (Å²) in [4.78, 5) is 18.0. The molecule has 0 saturated heterocycles. The van der Waals surface area contributed by atoms with Gasteiger partial charge in [-0.1, -0.05) is 151 Å². The summed E-state index contributed by atoms with van der Waals surface area (Å²) in [7, 11) is 0. The standard InChI is InChI=1S/C40H31ClN2O/c1-30(37(31-15-6-2-7-16-31)25-26-39(44)32-17-14-24-36(41)27-32)38-28-42-29-43(38)40(33-18-8-3-9-19-33,34-20-10-4-11-21-34)35-22-12-5-13-23-35/h2-29H,1H3/b26-25+,37-30+. The van der Waals surface area contributed by atoms with Gasteiger partial charge in [-0.05, 0) is 58.5 Å². The van der Waals surface area contributed by atoms with Crippen LogP contribution in [0, 0.1) is 0 Å². The minimum Gasteiger partial charge on any atom is -0.312 e. The number of aromatic nitrogens is 2. The van der Waals surface area contributed by atoms with Gasteiger partial charge in [0.2, 0.25) is 0 Å². The molecule has 1 aromatic heterocycles. The van der Waals surface area contributed by atoms with Gasteiger partial charge in [-0.15, -0.1) is 0 Å². The van der Waals surface area contributed by atoms with E-state index >= 15 is 0 Å². The number of allylic oxidation sites excluding steroid dienone is 4. The molecule has 0 N–H and O–H groups in total. The molecule has 6 rings (SSSR count). The van der Waals surface area contributed by atoms with Crippen LogP contribution in [0.4, 0.5) is 0 Å². The van der Waals surface area contributed by atoms with Crippen molar-refractivity contribution in [1.29, 1.82) is 0 Å². The van der Waals surface area contributed by atoms with Crippen LogP contribution < -0.4 is 0 Å². The lowest BCUT2D eigenvalue weighted by molar-refractivity contribution is 0.104. The lowest BCUT2D eigenvalue weighted by atomic mass is 9.76. The van der Waals surface area contributed by atoms with E-state index in [-0.39, 0.29) is 5.78 Å². The molecule has 0 aliphatic carbocycles. The molecular weight excluding hydrogens is 560 g/mol. The van der Waals surface area contributed by atoms with E-state index in [4.69, 9.17) is 16.6 Å². The third-order valence-corrected chi connectivity index (χ3v) is 8.19. The largest absolute Gasteiger partial charge is 0.312 e. The highest BCUT2D eigenvalue weighted by molar-refractivity contribution is 6.31. The maximum atomic E-state index is 13.2. The van der Waals surface area contributed by atoms with Gasteiger partial charge < -0.3 is 4.57 Å². The number of carbonyl (C=O) groups excluding carboxylic acids is 1. The minimum atomic E-state index is -0.723. The Morgan fingerprint density at radius 2 is 1.16 bits per heavy atom. The molecule has 6 aromatic rings. The number of hydrogen-bond acceptors (Lipinski definition) is 2. The molecule has 0 amide bonds. The van der Waals surface area contributed by atoms with Crippen LogP contribution in [0.2, 0.25) is 5.02 Å². The van der Waals surface area contributed by atoms with Crippen molar-refractivity contribution in [1.82, 2.24) is 9.55 Å². The molecule has 0 bridgehead atoms. The van der Waals surface area contributed by atoms with E-state index < -0.39 is 5.54 Å². The summed E-state index contributed by atoms with van der Waals surface area (Å²) in [6, 6.07) is 48.8. The summed E-state index contributed by atoms with van der Waals surface area (Å²) in [5.74, 6) is -0.116. The van der Waals surface area contributed by atoms with Crippen molar-refractivity contribution in [3.8, 4) is 0 Å². The van der Waals surface area contributed by atoms with Crippen LogP contribution in [-0.2, 0) is 5.54 Å². The maximum Gasteiger partial charge on any atom is 0.185 e. The fourth-order valence-corrected chi connectivity index (χ4v) is 6.08. The summed E-state index contributed by atoms with van der Waals surface area (Å²) < 4.78 is 2.26. The van der Waals surface area contributed by atoms with E-state index in [0.717, 1.165) is 39.1 Å². The quantitative estimate of drug-likeness (QED) is 0.0727. The highest BCUT2D eigenvalue weighted by Crippen LogP contribution is 2.43. The normalized spacial score (nSPS) is 12.2. The fraction of sp³-hybridized carbons (Fsp3) is 0.0500. The smallest absolute Gasteiger partial charge is 0.185 e. The molecule has 4 heteroatoms. The second-order valence-electron chi connectivity index (χ2n) is 10.6. The Morgan fingerprint density at radius 3 is 1.68 bits per heavy atom. The van der Waals surface area contributed by atoms with E-state index in [9.17, 15) is 4.79 Å². The van der Waals surface area contributed by atoms with Gasteiger partial charge in [0.05, 0.1) is 18.2 Å². The van der Waals surface area contributed by atoms with Crippen molar-refractivity contribution in [2.24, 2.45) is 0 Å². The van der Waals surface area contributed by atoms with Crippen LogP contribution in [0.1, 0.15) is 45.2 Å². The average Bonchev–Trinajstić information content (AvgIpc) is 3.57. The van der Waals surface area contributed by atoms with E-state index in [2.05, 4.69) is 96.4 Å². The first-order valence-corrected chi connectivity index (χ1v) is 14.9. The third-order valence-electron chi connectivity index (χ3n) is 7.96. The Morgan fingerprint density at radius 1 is 0.659 bits per heavy atom. The highest BCUT2D eigenvalue weighted by Gasteiger charge is 2.39. The van der Waals surface area contributed by atoms with Crippen LogP contribution in [0.5, 0.6) is 0 Å². The Kier molecular flexibility index (Phi) is 8.49. The zero-order valence-corrected chi connectivity index (χ0v) is 25.1. The number of halogens is 1. The van der Waals surface area contributed by atoms with Gasteiger partial charge in [0.1, 0.15) is 5.54 Å². The first kappa shape index (κ1) is 28.9. The van der Waals surface area contributed by atoms with Crippen LogP contribution in [0.3, 0.4) is 0 Å². The summed E-state index contributed by atoms with van der Waals surface area (Å²) in [6.45, 7) is 2.09. The molecule has 214 valence electrons. The second-order valence-corrected chi connectivity index (χ2v) is 11.0. The molecule has 1 heterocycles. The fourth-order valence-electron chi connectivity index (χ4n) is 5.89. The third kappa shape index (κ3) is 5.58. The number of carbonyl (C=O) groups is 1. The van der Waals surface area contributed by atoms with Crippen LogP contribution in [0.15, 0.2) is 170 Å². The molecule has 44 heavy (non-hydrogen) atoms. The molecule has 3 nitrogen and oxygen atoms in total. The maximum absolute atomic E-state index is 13.2. The molecule has 5 aromatic carbocycles. The number of imidazole rings is 1. The first-order chi connectivity index (χ1) is 21.6. The molecule has 0 spiro atoms. The summed E-state index contributed by atoms with van der Waals surface area (Å²) in [5, 5.41) is 0.530. The number of rotatable bonds is 9. The van der Waals surface area contributed by atoms with E-state index in [0.29, 0.717) is 10.6 Å². The van der Waals surface area contributed by atoms with Crippen molar-refractivity contribution < 1.29 is 4.79 Å². The van der Waals surface area contributed by atoms with E-state index in [1.165, 1.54) is 0 Å². The predicted molar refractivity (Wildman–Crippen MR) is 181 cm³/mol. The highest BCUT2D eigenvalue weighted by atomic mass is 35.5. The Balaban J connectivity index is 1.60. The Labute approximate surface area is 263 Å². The Hall–Kier alpha value is -5.25. The summed E-state index contributed by atoms with van der Waals surface area (Å²) in [6.07, 6.45) is 7.35. The zero-order chi connectivity index (χ0) is 30.4. The number of hydrogen-bond donors (Lipinski definition) is 0. The average molecular weight is 591 g/mol. The molecule has 0 fully saturated rings. The molecular formula is C40H31ClN2O. The Bertz CT molecular complexity index is 1830. The van der Waals surface area contributed by atoms with Gasteiger partial charge in [-0.2, -0.15) is 0 Å². The summed E-state index contributed by atoms with van der Waals surface area (Å²) in [5.41, 5.74) is 6.98. The van der Waals surface area contributed by atoms with Gasteiger partial charge in [-0.3, -0.25) is 4.79 Å². The van der Waals surface area contributed by atoms with Gasteiger partial charge >= 0.3 is 0 Å². The van der Waals surface area contributed by atoms with Crippen molar-refractivity contribution >= 4 is 28.5 Å². The zero-order valence-electron chi connectivity index (χ0n) is 24.3. The van der Waals surface area contributed by atoms with Crippen molar-refractivity contribution in [3.05, 3.63) is 209 Å². The van der Waals surface area contributed by atoms with Crippen LogP contribution >= 0.6 is 11.6 Å². The molecule has 0 radical (unpaired) electrons. The van der Waals surface area contributed by atoms with E-state index in [1.54, 1.807) is 30.3 Å².